The van der Waals surface area contributed by atoms with E-state index in [-0.39, 0.29) is 34.1 Å². The van der Waals surface area contributed by atoms with Gasteiger partial charge in [0.1, 0.15) is 17.2 Å². The van der Waals surface area contributed by atoms with Crippen LogP contribution in [0.4, 0.5) is 10.1 Å². The Morgan fingerprint density at radius 3 is 2.54 bits per heavy atom. The van der Waals surface area contributed by atoms with Crippen LogP contribution in [0, 0.1) is 23.6 Å². The van der Waals surface area contributed by atoms with Gasteiger partial charge in [0.15, 0.2) is 0 Å². The van der Waals surface area contributed by atoms with Gasteiger partial charge in [0, 0.05) is 11.6 Å². The van der Waals surface area contributed by atoms with Crippen LogP contribution in [0.1, 0.15) is 31.7 Å². The van der Waals surface area contributed by atoms with Gasteiger partial charge < -0.3 is 0 Å². The lowest BCUT2D eigenvalue weighted by Crippen LogP contribution is -2.50. The number of hydrogen-bond donors (Lipinski definition) is 1. The Balaban J connectivity index is 1.51. The van der Waals surface area contributed by atoms with Crippen molar-refractivity contribution in [2.75, 3.05) is 4.90 Å². The molecular weight excluding hydrogens is 519 g/mol. The fourth-order valence-electron chi connectivity index (χ4n) is 6.81. The smallest absolute Gasteiger partial charge is 0.266 e. The van der Waals surface area contributed by atoms with E-state index in [0.29, 0.717) is 28.8 Å². The number of hydrogen-bond acceptors (Lipinski definition) is 5. The molecule has 0 unspecified atom stereocenters. The zero-order valence-electron chi connectivity index (χ0n) is 21.2. The number of carbonyl (C=O) groups excluding carboxylic acids is 2. The van der Waals surface area contributed by atoms with Crippen LogP contribution in [0.5, 0.6) is 0 Å². The average Bonchev–Trinajstić information content (AvgIpc) is 3.49. The topological polar surface area (TPSA) is 84.3 Å². The fraction of sp³-hybridized carbons (Fsp3) is 0.267. The second-order valence-corrected chi connectivity index (χ2v) is 11.3. The van der Waals surface area contributed by atoms with Gasteiger partial charge in [-0.15, -0.1) is 0 Å². The summed E-state index contributed by atoms with van der Waals surface area (Å²) < 4.78 is 15.6. The molecule has 3 aliphatic heterocycles. The van der Waals surface area contributed by atoms with E-state index in [1.54, 1.807) is 22.8 Å². The Kier molecular flexibility index (Phi) is 5.15. The van der Waals surface area contributed by atoms with E-state index in [0.717, 1.165) is 16.5 Å². The summed E-state index contributed by atoms with van der Waals surface area (Å²) in [7, 11) is 0. The van der Waals surface area contributed by atoms with E-state index in [2.05, 4.69) is 19.2 Å². The van der Waals surface area contributed by atoms with Crippen LogP contribution in [0.2, 0.25) is 5.02 Å². The van der Waals surface area contributed by atoms with Crippen LogP contribution < -0.4 is 15.8 Å². The second kappa shape index (κ2) is 8.31. The molecule has 0 bridgehead atoms. The predicted octanol–water partition coefficient (Wildman–Crippen LogP) is 4.56. The number of fused-ring (bicyclic) bond motifs is 8. The molecule has 2 saturated heterocycles. The first kappa shape index (κ1) is 24.2. The van der Waals surface area contributed by atoms with Gasteiger partial charge in [-0.05, 0) is 48.7 Å². The summed E-state index contributed by atoms with van der Waals surface area (Å²) in [6.07, 6.45) is 0.625. The first-order valence-corrected chi connectivity index (χ1v) is 13.3. The second-order valence-electron chi connectivity index (χ2n) is 10.9. The minimum absolute atomic E-state index is 0.173. The Morgan fingerprint density at radius 1 is 1.03 bits per heavy atom. The molecule has 39 heavy (non-hydrogen) atoms. The normalized spacial score (nSPS) is 25.2. The Labute approximate surface area is 228 Å². The average molecular weight is 543 g/mol. The molecule has 9 heteroatoms. The number of amides is 2. The molecule has 3 aliphatic rings. The van der Waals surface area contributed by atoms with E-state index in [1.807, 2.05) is 30.3 Å². The van der Waals surface area contributed by atoms with Gasteiger partial charge in [-0.1, -0.05) is 55.8 Å². The fourth-order valence-corrected chi connectivity index (χ4v) is 6.98. The molecule has 0 saturated carbocycles. The lowest BCUT2D eigenvalue weighted by atomic mass is 9.75. The highest BCUT2D eigenvalue weighted by Crippen LogP contribution is 2.56. The number of rotatable bonds is 3. The largest absolute Gasteiger partial charge is 0.297 e. The quantitative estimate of drug-likeness (QED) is 0.384. The van der Waals surface area contributed by atoms with E-state index >= 15 is 0 Å². The maximum atomic E-state index is 14.4. The van der Waals surface area contributed by atoms with Crippen LogP contribution in [0.25, 0.3) is 16.6 Å². The number of benzene rings is 3. The van der Waals surface area contributed by atoms with Gasteiger partial charge in [-0.2, -0.15) is 0 Å². The molecule has 0 aliphatic carbocycles. The Morgan fingerprint density at radius 2 is 1.77 bits per heavy atom. The number of anilines is 1. The van der Waals surface area contributed by atoms with Crippen LogP contribution >= 0.6 is 11.6 Å². The summed E-state index contributed by atoms with van der Waals surface area (Å²) in [5.74, 6) is -2.41. The molecule has 3 aromatic carbocycles. The van der Waals surface area contributed by atoms with E-state index in [1.165, 1.54) is 12.1 Å². The monoisotopic (exact) mass is 542 g/mol. The number of para-hydroxylation sites is 2. The van der Waals surface area contributed by atoms with Gasteiger partial charge in [0.05, 0.1) is 39.1 Å². The van der Waals surface area contributed by atoms with Gasteiger partial charge in [0.25, 0.3) is 5.56 Å². The standard InChI is InChI=1S/C30H24ClFN4O3/c1-15(2)13-22-24-25(28(39)35(27(24)38)16-11-12-20(32)19(31)14-16)30(34-22)18-8-4-6-10-23(18)36-26(37)17-7-3-5-9-21(17)33-29(30)36/h3-12,14-15,22,24-25,34H,13H2,1-2H3/t22-,24-,25+,30+/m0/s1. The third kappa shape index (κ3) is 3.13. The third-order valence-electron chi connectivity index (χ3n) is 8.25. The molecule has 4 aromatic rings. The molecule has 4 atom stereocenters. The molecule has 196 valence electrons. The molecule has 4 heterocycles. The zero-order valence-corrected chi connectivity index (χ0v) is 21.9. The predicted molar refractivity (Wildman–Crippen MR) is 145 cm³/mol. The summed E-state index contributed by atoms with van der Waals surface area (Å²) in [5.41, 5.74) is 0.659. The van der Waals surface area contributed by atoms with Gasteiger partial charge in [0.2, 0.25) is 11.8 Å². The summed E-state index contributed by atoms with van der Waals surface area (Å²) in [5, 5.41) is 3.98. The maximum absolute atomic E-state index is 14.4. The summed E-state index contributed by atoms with van der Waals surface area (Å²) in [6.45, 7) is 4.13. The molecule has 1 N–H and O–H groups in total. The van der Waals surface area contributed by atoms with Crippen molar-refractivity contribution in [3.05, 3.63) is 99.3 Å². The van der Waals surface area contributed by atoms with Crippen molar-refractivity contribution in [2.24, 2.45) is 17.8 Å². The van der Waals surface area contributed by atoms with Crippen molar-refractivity contribution in [3.63, 3.8) is 0 Å². The summed E-state index contributed by atoms with van der Waals surface area (Å²) >= 11 is 6.05. The first-order chi connectivity index (χ1) is 18.7. The molecule has 1 spiro atoms. The highest BCUT2D eigenvalue weighted by atomic mass is 35.5. The zero-order chi connectivity index (χ0) is 27.2. The van der Waals surface area contributed by atoms with Crippen molar-refractivity contribution in [2.45, 2.75) is 31.8 Å². The highest BCUT2D eigenvalue weighted by molar-refractivity contribution is 6.31. The SMILES string of the molecule is CC(C)C[C@@H]1N[C@]2(c3ccccc3-n3c2nc2ccccc2c3=O)[C@H]2C(=O)N(c3ccc(F)c(Cl)c3)C(=O)[C@@H]12. The number of halogens is 2. The van der Waals surface area contributed by atoms with Gasteiger partial charge in [-0.3, -0.25) is 24.3 Å². The van der Waals surface area contributed by atoms with Crippen LogP contribution in [0.15, 0.2) is 71.5 Å². The lowest BCUT2D eigenvalue weighted by molar-refractivity contribution is -0.123. The maximum Gasteiger partial charge on any atom is 0.266 e. The third-order valence-corrected chi connectivity index (χ3v) is 8.54. The number of aromatic nitrogens is 2. The van der Waals surface area contributed by atoms with Crippen molar-refractivity contribution < 1.29 is 14.0 Å². The molecule has 7 rings (SSSR count). The van der Waals surface area contributed by atoms with Crippen molar-refractivity contribution in [3.8, 4) is 5.69 Å². The summed E-state index contributed by atoms with van der Waals surface area (Å²) in [6, 6.07) is 18.1. The molecule has 2 amide bonds. The van der Waals surface area contributed by atoms with Gasteiger partial charge >= 0.3 is 0 Å². The van der Waals surface area contributed by atoms with Crippen molar-refractivity contribution in [1.82, 2.24) is 14.9 Å². The lowest BCUT2D eigenvalue weighted by Gasteiger charge is -2.32. The number of nitrogens with one attached hydrogen (secondary N) is 1. The van der Waals surface area contributed by atoms with E-state index < -0.39 is 29.1 Å². The molecule has 1 aromatic heterocycles. The Bertz CT molecular complexity index is 1790. The number of imide groups is 1. The molecule has 7 nitrogen and oxygen atoms in total. The first-order valence-electron chi connectivity index (χ1n) is 13.0. The highest BCUT2D eigenvalue weighted by Gasteiger charge is 2.69. The van der Waals surface area contributed by atoms with Crippen molar-refractivity contribution in [1.29, 1.82) is 0 Å². The Hall–Kier alpha value is -3.88. The minimum Gasteiger partial charge on any atom is -0.297 e. The molecule has 2 fully saturated rings. The van der Waals surface area contributed by atoms with Gasteiger partial charge in [-0.25, -0.2) is 14.3 Å². The molecule has 0 radical (unpaired) electrons. The molecular formula is C30H24ClFN4O3. The summed E-state index contributed by atoms with van der Waals surface area (Å²) in [4.78, 5) is 48.4. The van der Waals surface area contributed by atoms with E-state index in [9.17, 15) is 18.8 Å². The van der Waals surface area contributed by atoms with E-state index in [4.69, 9.17) is 16.6 Å². The van der Waals surface area contributed by atoms with Crippen LogP contribution in [0.3, 0.4) is 0 Å². The minimum atomic E-state index is -1.21. The van der Waals surface area contributed by atoms with Crippen molar-refractivity contribution >= 4 is 40.0 Å². The van der Waals surface area contributed by atoms with Crippen LogP contribution in [-0.4, -0.2) is 27.4 Å². The van der Waals surface area contributed by atoms with Crippen LogP contribution in [-0.2, 0) is 15.1 Å². The number of carbonyl (C=O) groups is 2. The number of nitrogens with zero attached hydrogens (tertiary/aromatic N) is 3.